The number of benzene rings is 1. The molecule has 0 bridgehead atoms. The van der Waals surface area contributed by atoms with Crippen LogP contribution in [0.4, 0.5) is 0 Å². The van der Waals surface area contributed by atoms with Crippen molar-refractivity contribution in [3.05, 3.63) is 54.1 Å². The van der Waals surface area contributed by atoms with Crippen LogP contribution in [-0.4, -0.2) is 129 Å². The van der Waals surface area contributed by atoms with E-state index in [2.05, 4.69) is 52.5 Å². The summed E-state index contributed by atoms with van der Waals surface area (Å²) in [4.78, 5) is 132. The maximum atomic E-state index is 14.7. The van der Waals surface area contributed by atoms with Crippen LogP contribution >= 0.6 is 0 Å². The van der Waals surface area contributed by atoms with Crippen molar-refractivity contribution >= 4 is 53.2 Å². The van der Waals surface area contributed by atoms with Crippen molar-refractivity contribution in [2.75, 3.05) is 6.54 Å². The predicted molar refractivity (Wildman–Crippen MR) is 303 cm³/mol. The number of aromatic amines is 1. The number of carbonyl (C=O) groups excluding carboxylic acids is 8. The van der Waals surface area contributed by atoms with Crippen LogP contribution in [-0.2, 0) is 56.0 Å². The second-order valence-corrected chi connectivity index (χ2v) is 23.5. The summed E-state index contributed by atoms with van der Waals surface area (Å²) in [6.07, 6.45) is 5.18. The van der Waals surface area contributed by atoms with Gasteiger partial charge < -0.3 is 64.1 Å². The van der Waals surface area contributed by atoms with Gasteiger partial charge in [0.1, 0.15) is 48.3 Å². The summed E-state index contributed by atoms with van der Waals surface area (Å²) in [7, 11) is 0. The van der Waals surface area contributed by atoms with E-state index in [1.807, 2.05) is 83.1 Å². The highest BCUT2D eigenvalue weighted by Gasteiger charge is 2.36. The quantitative estimate of drug-likeness (QED) is 0.0434. The van der Waals surface area contributed by atoms with Gasteiger partial charge in [0.25, 0.3) is 0 Å². The smallest absolute Gasteiger partial charge is 0.326 e. The molecule has 0 aliphatic carbocycles. The summed E-state index contributed by atoms with van der Waals surface area (Å²) in [5, 5.41) is 32.1. The molecule has 1 aromatic heterocycles. The number of aromatic nitrogens is 2. The van der Waals surface area contributed by atoms with Crippen molar-refractivity contribution in [3.63, 3.8) is 0 Å². The number of H-pyrrole nitrogens is 1. The molecule has 0 aliphatic rings. The minimum atomic E-state index is -1.30. The molecule has 444 valence electrons. The molecule has 0 fully saturated rings. The third kappa shape index (κ3) is 26.9. The molecule has 1 heterocycles. The maximum absolute atomic E-state index is 14.7. The summed E-state index contributed by atoms with van der Waals surface area (Å²) >= 11 is 0. The molecule has 8 amide bonds. The SMILES string of the molecule is CC(C)C[C@H](NC(=O)[C@H](CCCCN)NC(=O)[C@H](CC(C)C)NC(=O)[C@H](CC(C)C)NC(=O)[C@H](CC(C)C)NC(=O)[C@H](Cc1ccccc1)NC(=O)[C@H](Cc1cnc[nH]1)NC(=O)[C@H](CC(C)C)NC(=O)[C@@H](N)CC(C)C)C(=O)O. The number of aliphatic carboxylic acids is 1. The van der Waals surface area contributed by atoms with Gasteiger partial charge in [0.2, 0.25) is 47.3 Å². The Morgan fingerprint density at radius 3 is 1.18 bits per heavy atom. The lowest BCUT2D eigenvalue weighted by molar-refractivity contribution is -0.143. The highest BCUT2D eigenvalue weighted by atomic mass is 16.4. The molecular formula is C57H96N12O10. The average Bonchev–Trinajstić information content (AvgIpc) is 3.87. The van der Waals surface area contributed by atoms with E-state index in [1.54, 1.807) is 30.3 Å². The van der Waals surface area contributed by atoms with Gasteiger partial charge >= 0.3 is 5.97 Å². The number of imidazole rings is 1. The zero-order chi connectivity index (χ0) is 59.5. The highest BCUT2D eigenvalue weighted by Crippen LogP contribution is 2.15. The van der Waals surface area contributed by atoms with E-state index >= 15 is 0 Å². The van der Waals surface area contributed by atoms with Crippen molar-refractivity contribution in [1.82, 2.24) is 52.5 Å². The summed E-state index contributed by atoms with van der Waals surface area (Å²) in [6.45, 7) is 22.8. The van der Waals surface area contributed by atoms with E-state index < -0.39 is 108 Å². The van der Waals surface area contributed by atoms with Crippen LogP contribution in [0.25, 0.3) is 0 Å². The molecule has 14 N–H and O–H groups in total. The molecule has 0 unspecified atom stereocenters. The Hall–Kier alpha value is -6.42. The normalized spacial score (nSPS) is 15.0. The van der Waals surface area contributed by atoms with Crippen LogP contribution in [0.2, 0.25) is 0 Å². The van der Waals surface area contributed by atoms with Crippen LogP contribution in [0.1, 0.15) is 152 Å². The van der Waals surface area contributed by atoms with E-state index in [0.29, 0.717) is 37.1 Å². The molecular weight excluding hydrogens is 1010 g/mol. The third-order valence-corrected chi connectivity index (χ3v) is 12.9. The second-order valence-electron chi connectivity index (χ2n) is 23.5. The van der Waals surface area contributed by atoms with Gasteiger partial charge in [-0.2, -0.15) is 0 Å². The van der Waals surface area contributed by atoms with E-state index in [1.165, 1.54) is 12.5 Å². The summed E-state index contributed by atoms with van der Waals surface area (Å²) < 4.78 is 0. The molecule has 9 atom stereocenters. The predicted octanol–water partition coefficient (Wildman–Crippen LogP) is 2.89. The molecule has 1 aromatic carbocycles. The van der Waals surface area contributed by atoms with Crippen molar-refractivity contribution in [2.24, 2.45) is 47.0 Å². The van der Waals surface area contributed by atoms with Gasteiger partial charge in [0.15, 0.2) is 0 Å². The molecule has 0 saturated carbocycles. The van der Waals surface area contributed by atoms with E-state index in [4.69, 9.17) is 11.5 Å². The fraction of sp³-hybridized carbons (Fsp3) is 0.684. The summed E-state index contributed by atoms with van der Waals surface area (Å²) in [6, 6.07) is -1.48. The Balaban J connectivity index is 2.50. The lowest BCUT2D eigenvalue weighted by Gasteiger charge is -2.29. The molecule has 0 radical (unpaired) electrons. The standard InChI is InChI=1S/C57H96N12O10/c1-32(2)22-40(59)49(70)63-42(23-33(3)4)52(73)68-47(29-39-30-60-31-61-39)56(77)67-46(28-38-18-14-13-15-19-38)55(76)66-45(26-36(9)10)54(75)65-44(25-35(7)8)53(74)64-43(24-34(5)6)51(72)62-41(20-16-17-21-58)50(71)69-48(57(78)79)27-37(11)12/h13-15,18-19,30-37,40-48H,16-17,20-29,58-59H2,1-12H3,(H,60,61)(H,62,72)(H,63,70)(H,64,74)(H,65,75)(H,66,76)(H,67,77)(H,68,73)(H,69,71)(H,78,79)/t40-,41-,42-,43-,44-,45-,46-,47-,48-/m0/s1. The van der Waals surface area contributed by atoms with Crippen molar-refractivity contribution < 1.29 is 48.3 Å². The van der Waals surface area contributed by atoms with Crippen molar-refractivity contribution in [3.8, 4) is 0 Å². The van der Waals surface area contributed by atoms with Crippen LogP contribution in [0, 0.1) is 35.5 Å². The van der Waals surface area contributed by atoms with Gasteiger partial charge in [-0.05, 0) is 105 Å². The van der Waals surface area contributed by atoms with Gasteiger partial charge in [0.05, 0.1) is 12.4 Å². The number of nitrogens with zero attached hydrogens (tertiary/aromatic N) is 1. The molecule has 0 spiro atoms. The second kappa shape index (κ2) is 35.2. The number of hydrogen-bond donors (Lipinski definition) is 12. The molecule has 2 rings (SSSR count). The lowest BCUT2D eigenvalue weighted by atomic mass is 9.98. The number of carboxylic acids is 1. The van der Waals surface area contributed by atoms with Crippen LogP contribution in [0.15, 0.2) is 42.9 Å². The van der Waals surface area contributed by atoms with Gasteiger partial charge in [-0.25, -0.2) is 9.78 Å². The number of carbonyl (C=O) groups is 9. The first-order valence-electron chi connectivity index (χ1n) is 28.2. The average molecular weight is 1110 g/mol. The molecule has 0 aliphatic heterocycles. The fourth-order valence-corrected chi connectivity index (χ4v) is 8.95. The number of nitrogens with two attached hydrogens (primary N) is 2. The fourth-order valence-electron chi connectivity index (χ4n) is 8.95. The third-order valence-electron chi connectivity index (χ3n) is 12.9. The van der Waals surface area contributed by atoms with Crippen LogP contribution in [0.5, 0.6) is 0 Å². The van der Waals surface area contributed by atoms with Gasteiger partial charge in [0, 0.05) is 24.7 Å². The van der Waals surface area contributed by atoms with Crippen LogP contribution in [0.3, 0.4) is 0 Å². The molecule has 2 aromatic rings. The number of unbranched alkanes of at least 4 members (excludes halogenated alkanes) is 1. The minimum absolute atomic E-state index is 0.0236. The van der Waals surface area contributed by atoms with Crippen LogP contribution < -0.4 is 54.0 Å². The van der Waals surface area contributed by atoms with Gasteiger partial charge in [-0.1, -0.05) is 113 Å². The number of hydrogen-bond acceptors (Lipinski definition) is 12. The highest BCUT2D eigenvalue weighted by molar-refractivity contribution is 5.98. The van der Waals surface area contributed by atoms with Crippen molar-refractivity contribution in [1.29, 1.82) is 0 Å². The van der Waals surface area contributed by atoms with Gasteiger partial charge in [-0.15, -0.1) is 0 Å². The first kappa shape index (κ1) is 68.7. The zero-order valence-electron chi connectivity index (χ0n) is 48.9. The Labute approximate surface area is 468 Å². The maximum Gasteiger partial charge on any atom is 0.326 e. The number of carboxylic acid groups (broad SMARTS) is 1. The molecule has 22 nitrogen and oxygen atoms in total. The Kier molecular flexibility index (Phi) is 30.6. The Bertz CT molecular complexity index is 2220. The van der Waals surface area contributed by atoms with E-state index in [0.717, 1.165) is 0 Å². The first-order chi connectivity index (χ1) is 37.1. The zero-order valence-corrected chi connectivity index (χ0v) is 48.9. The lowest BCUT2D eigenvalue weighted by Crippen LogP contribution is -2.61. The minimum Gasteiger partial charge on any atom is -0.480 e. The summed E-state index contributed by atoms with van der Waals surface area (Å²) in [5.74, 6) is -6.93. The first-order valence-corrected chi connectivity index (χ1v) is 28.2. The monoisotopic (exact) mass is 1110 g/mol. The topological polar surface area (TPSA) is 351 Å². The largest absolute Gasteiger partial charge is 0.480 e. The van der Waals surface area contributed by atoms with E-state index in [9.17, 15) is 48.3 Å². The molecule has 22 heteroatoms. The Morgan fingerprint density at radius 2 is 0.797 bits per heavy atom. The van der Waals surface area contributed by atoms with Crippen molar-refractivity contribution in [2.45, 2.75) is 208 Å². The molecule has 0 saturated heterocycles. The summed E-state index contributed by atoms with van der Waals surface area (Å²) in [5.41, 5.74) is 13.1. The number of amides is 8. The van der Waals surface area contributed by atoms with Gasteiger partial charge in [-0.3, -0.25) is 38.4 Å². The molecule has 79 heavy (non-hydrogen) atoms. The number of nitrogens with one attached hydrogen (secondary N) is 9. The van der Waals surface area contributed by atoms with E-state index in [-0.39, 0.29) is 86.9 Å². The number of rotatable bonds is 37. The Morgan fingerprint density at radius 1 is 0.456 bits per heavy atom.